The Kier molecular flexibility index (Phi) is 7.37. The van der Waals surface area contributed by atoms with Gasteiger partial charge in [0.25, 0.3) is 0 Å². The van der Waals surface area contributed by atoms with Gasteiger partial charge in [-0.05, 0) is 42.8 Å². The molecule has 3 heterocycles. The second kappa shape index (κ2) is 10.7. The van der Waals surface area contributed by atoms with Gasteiger partial charge in [-0.15, -0.1) is 0 Å². The van der Waals surface area contributed by atoms with Crippen LogP contribution < -0.4 is 4.74 Å². The number of benzene rings is 2. The Morgan fingerprint density at radius 3 is 2.54 bits per heavy atom. The summed E-state index contributed by atoms with van der Waals surface area (Å²) in [6, 6.07) is 7.79. The molecule has 0 spiro atoms. The number of carbonyl (C=O) groups is 1. The van der Waals surface area contributed by atoms with E-state index in [-0.39, 0.29) is 22.8 Å². The molecule has 5 rings (SSSR count). The van der Waals surface area contributed by atoms with Crippen LogP contribution in [0.2, 0.25) is 0 Å². The smallest absolute Gasteiger partial charge is 0.392 e. The van der Waals surface area contributed by atoms with E-state index >= 15 is 0 Å². The molecule has 2 aromatic heterocycles. The van der Waals surface area contributed by atoms with Crippen LogP contribution in [0.1, 0.15) is 39.7 Å². The molecule has 11 heteroatoms. The Morgan fingerprint density at radius 1 is 1.15 bits per heavy atom. The lowest BCUT2D eigenvalue weighted by Crippen LogP contribution is -2.39. The van der Waals surface area contributed by atoms with Crippen LogP contribution in [0.15, 0.2) is 47.1 Å². The molecule has 0 saturated carbocycles. The number of alkyl halides is 3. The Morgan fingerprint density at radius 2 is 1.87 bits per heavy atom. The molecule has 8 nitrogen and oxygen atoms in total. The van der Waals surface area contributed by atoms with Gasteiger partial charge in [0.05, 0.1) is 39.4 Å². The lowest BCUT2D eigenvalue weighted by Gasteiger charge is -2.36. The zero-order chi connectivity index (χ0) is 27.7. The maximum Gasteiger partial charge on any atom is 0.392 e. The highest BCUT2D eigenvalue weighted by atomic mass is 19.4. The Hall–Kier alpha value is -3.83. The number of carbonyl (C=O) groups excluding carboxylic acids is 1. The third-order valence-corrected chi connectivity index (χ3v) is 6.85. The summed E-state index contributed by atoms with van der Waals surface area (Å²) in [6.07, 6.45) is -2.15. The molecule has 0 amide bonds. The number of halogens is 3. The molecule has 0 bridgehead atoms. The molecule has 0 aliphatic carbocycles. The summed E-state index contributed by atoms with van der Waals surface area (Å²) >= 11 is 0. The average molecular weight is 545 g/mol. The standard InChI is InChI=1S/C28H27F3N2O6/c1-16-21(27(35)36-2)22-23(24(17-5-8-32-9-6-17)33-10-13-37-14-11-33)25(34)19-4-3-18(15-20(19)26(22)39-16)38-12-7-28(29,30)31/h3-6,8-9,15,24,34H,7,10-14H2,1-2H3. The van der Waals surface area contributed by atoms with Crippen LogP contribution in [-0.2, 0) is 9.47 Å². The zero-order valence-electron chi connectivity index (χ0n) is 21.4. The fraction of sp³-hybridized carbons (Fsp3) is 0.357. The molecule has 1 N–H and O–H groups in total. The van der Waals surface area contributed by atoms with Gasteiger partial charge in [0.2, 0.25) is 0 Å². The highest BCUT2D eigenvalue weighted by Gasteiger charge is 2.34. The maximum atomic E-state index is 13.0. The monoisotopic (exact) mass is 544 g/mol. The first kappa shape index (κ1) is 26.8. The van der Waals surface area contributed by atoms with Crippen molar-refractivity contribution in [2.24, 2.45) is 0 Å². The maximum absolute atomic E-state index is 13.0. The first-order valence-electron chi connectivity index (χ1n) is 12.4. The van der Waals surface area contributed by atoms with E-state index in [1.165, 1.54) is 19.2 Å². The molecule has 1 atom stereocenters. The molecule has 4 aromatic rings. The third kappa shape index (κ3) is 5.24. The number of nitrogens with zero attached hydrogens (tertiary/aromatic N) is 2. The predicted molar refractivity (Wildman–Crippen MR) is 136 cm³/mol. The van der Waals surface area contributed by atoms with Crippen molar-refractivity contribution in [3.05, 3.63) is 65.2 Å². The fourth-order valence-corrected chi connectivity index (χ4v) is 5.10. The minimum absolute atomic E-state index is 0.0846. The molecule has 39 heavy (non-hydrogen) atoms. The van der Waals surface area contributed by atoms with Gasteiger partial charge >= 0.3 is 12.1 Å². The predicted octanol–water partition coefficient (Wildman–Crippen LogP) is 5.53. The fourth-order valence-electron chi connectivity index (χ4n) is 5.10. The summed E-state index contributed by atoms with van der Waals surface area (Å²) in [6.45, 7) is 3.19. The number of furan rings is 1. The lowest BCUT2D eigenvalue weighted by molar-refractivity contribution is -0.139. The first-order valence-corrected chi connectivity index (χ1v) is 12.4. The molecule has 1 fully saturated rings. The zero-order valence-corrected chi connectivity index (χ0v) is 21.4. The van der Waals surface area contributed by atoms with E-state index in [0.717, 1.165) is 5.56 Å². The molecule has 206 valence electrons. The Balaban J connectivity index is 1.77. The van der Waals surface area contributed by atoms with E-state index < -0.39 is 31.2 Å². The van der Waals surface area contributed by atoms with Gasteiger partial charge in [0.15, 0.2) is 0 Å². The molecule has 1 unspecified atom stereocenters. The number of pyridine rings is 1. The summed E-state index contributed by atoms with van der Waals surface area (Å²) in [5, 5.41) is 13.0. The Bertz CT molecular complexity index is 1500. The number of methoxy groups -OCH3 is 1. The number of aromatic hydroxyl groups is 1. The minimum Gasteiger partial charge on any atom is -0.507 e. The molecule has 2 aromatic carbocycles. The number of aromatic nitrogens is 1. The number of hydrogen-bond donors (Lipinski definition) is 1. The number of morpholine rings is 1. The molecular formula is C28H27F3N2O6. The summed E-state index contributed by atoms with van der Waals surface area (Å²) in [5.41, 5.74) is 1.75. The number of hydrogen-bond acceptors (Lipinski definition) is 8. The lowest BCUT2D eigenvalue weighted by atomic mass is 9.89. The third-order valence-electron chi connectivity index (χ3n) is 6.85. The van der Waals surface area contributed by atoms with E-state index in [1.807, 2.05) is 12.1 Å². The van der Waals surface area contributed by atoms with Crippen molar-refractivity contribution in [1.82, 2.24) is 9.88 Å². The Labute approximate surface area is 221 Å². The molecule has 1 saturated heterocycles. The van der Waals surface area contributed by atoms with Crippen molar-refractivity contribution in [3.63, 3.8) is 0 Å². The largest absolute Gasteiger partial charge is 0.507 e. The molecule has 1 aliphatic heterocycles. The number of esters is 1. The number of fused-ring (bicyclic) bond motifs is 3. The van der Waals surface area contributed by atoms with E-state index in [1.54, 1.807) is 25.4 Å². The minimum atomic E-state index is -4.35. The second-order valence-corrected chi connectivity index (χ2v) is 9.24. The molecular weight excluding hydrogens is 517 g/mol. The molecule has 1 aliphatic rings. The van der Waals surface area contributed by atoms with E-state index in [4.69, 9.17) is 18.6 Å². The number of phenolic OH excluding ortho intramolecular Hbond substituents is 1. The van der Waals surface area contributed by atoms with Crippen LogP contribution in [-0.4, -0.2) is 67.2 Å². The van der Waals surface area contributed by atoms with Crippen molar-refractivity contribution in [2.75, 3.05) is 40.0 Å². The van der Waals surface area contributed by atoms with Crippen LogP contribution in [0.25, 0.3) is 21.7 Å². The van der Waals surface area contributed by atoms with Crippen molar-refractivity contribution in [3.8, 4) is 11.5 Å². The van der Waals surface area contributed by atoms with Gasteiger partial charge < -0.3 is 23.7 Å². The summed E-state index contributed by atoms with van der Waals surface area (Å²) < 4.78 is 60.1. The van der Waals surface area contributed by atoms with Crippen LogP contribution >= 0.6 is 0 Å². The topological polar surface area (TPSA) is 94.3 Å². The van der Waals surface area contributed by atoms with Crippen molar-refractivity contribution in [2.45, 2.75) is 25.6 Å². The van der Waals surface area contributed by atoms with Crippen molar-refractivity contribution >= 4 is 27.7 Å². The van der Waals surface area contributed by atoms with Crippen molar-refractivity contribution < 1.29 is 41.7 Å². The van der Waals surface area contributed by atoms with E-state index in [2.05, 4.69) is 9.88 Å². The van der Waals surface area contributed by atoms with Gasteiger partial charge in [-0.25, -0.2) is 4.79 Å². The highest BCUT2D eigenvalue weighted by Crippen LogP contribution is 2.48. The number of ether oxygens (including phenoxy) is 3. The van der Waals surface area contributed by atoms with Crippen molar-refractivity contribution in [1.29, 1.82) is 0 Å². The van der Waals surface area contributed by atoms with Gasteiger partial charge in [0.1, 0.15) is 28.4 Å². The highest BCUT2D eigenvalue weighted by molar-refractivity contribution is 6.17. The first-order chi connectivity index (χ1) is 18.7. The van der Waals surface area contributed by atoms with Gasteiger partial charge in [-0.2, -0.15) is 13.2 Å². The van der Waals surface area contributed by atoms with Crippen LogP contribution in [0.4, 0.5) is 13.2 Å². The number of aryl methyl sites for hydroxylation is 1. The van der Waals surface area contributed by atoms with Crippen LogP contribution in [0, 0.1) is 6.92 Å². The number of phenols is 1. The average Bonchev–Trinajstić information content (AvgIpc) is 3.27. The van der Waals surface area contributed by atoms with Crippen LogP contribution in [0.3, 0.4) is 0 Å². The van der Waals surface area contributed by atoms with E-state index in [9.17, 15) is 23.1 Å². The van der Waals surface area contributed by atoms with Gasteiger partial charge in [-0.1, -0.05) is 0 Å². The van der Waals surface area contributed by atoms with Crippen LogP contribution in [0.5, 0.6) is 11.5 Å². The number of rotatable bonds is 7. The quantitative estimate of drug-likeness (QED) is 0.304. The SMILES string of the molecule is COC(=O)c1c(C)oc2c1c(C(c1ccncc1)N1CCOCC1)c(O)c1ccc(OCCC(F)(F)F)cc12. The molecule has 0 radical (unpaired) electrons. The van der Waals surface area contributed by atoms with E-state index in [0.29, 0.717) is 53.6 Å². The summed E-state index contributed by atoms with van der Waals surface area (Å²) in [7, 11) is 1.26. The normalized spacial score (nSPS) is 15.5. The summed E-state index contributed by atoms with van der Waals surface area (Å²) in [5.74, 6) is -0.269. The van der Waals surface area contributed by atoms with Gasteiger partial charge in [0, 0.05) is 47.2 Å². The second-order valence-electron chi connectivity index (χ2n) is 9.24. The van der Waals surface area contributed by atoms with Gasteiger partial charge in [-0.3, -0.25) is 9.88 Å². The summed E-state index contributed by atoms with van der Waals surface area (Å²) in [4.78, 5) is 19.3.